The maximum atomic E-state index is 12.3. The van der Waals surface area contributed by atoms with Crippen molar-refractivity contribution in [3.8, 4) is 5.75 Å². The van der Waals surface area contributed by atoms with Crippen LogP contribution >= 0.6 is 0 Å². The Bertz CT molecular complexity index is 1170. The molecule has 6 rings (SSSR count). The summed E-state index contributed by atoms with van der Waals surface area (Å²) in [4.78, 5) is 17.1. The van der Waals surface area contributed by atoms with Crippen molar-refractivity contribution in [2.24, 2.45) is 5.92 Å². The molecule has 4 heteroatoms. The predicted octanol–water partition coefficient (Wildman–Crippen LogP) is 6.20. The van der Waals surface area contributed by atoms with Gasteiger partial charge in [0.1, 0.15) is 5.75 Å². The van der Waals surface area contributed by atoms with Crippen molar-refractivity contribution < 1.29 is 9.53 Å². The van der Waals surface area contributed by atoms with Crippen molar-refractivity contribution in [1.82, 2.24) is 4.90 Å². The standard InChI is InChI=1S/C32H40N2O2/c1-22(19-25-5-3-4-6-30(25)36-2)33-16-13-23(14-17-33)7-11-29(24-8-9-24)28-20-26-10-12-31(35)34-18-15-27(21-28)32(26)34/h3-6,20-23H,7-19H2,1-2H3. The number of benzene rings is 2. The van der Waals surface area contributed by atoms with Gasteiger partial charge in [0, 0.05) is 19.0 Å². The number of hydrogen-bond acceptors (Lipinski definition) is 3. The number of nitrogens with zero attached hydrogens (tertiary/aromatic N) is 2. The highest BCUT2D eigenvalue weighted by Gasteiger charge is 2.32. The summed E-state index contributed by atoms with van der Waals surface area (Å²) in [5.41, 5.74) is 10.2. The van der Waals surface area contributed by atoms with Gasteiger partial charge in [0.05, 0.1) is 12.8 Å². The smallest absolute Gasteiger partial charge is 0.227 e. The second-order valence-electron chi connectivity index (χ2n) is 11.4. The van der Waals surface area contributed by atoms with Gasteiger partial charge >= 0.3 is 0 Å². The van der Waals surface area contributed by atoms with Crippen LogP contribution in [0.5, 0.6) is 5.75 Å². The summed E-state index contributed by atoms with van der Waals surface area (Å²) in [5, 5.41) is 0. The zero-order valence-electron chi connectivity index (χ0n) is 22.0. The molecule has 0 spiro atoms. The molecule has 36 heavy (non-hydrogen) atoms. The summed E-state index contributed by atoms with van der Waals surface area (Å²) < 4.78 is 5.58. The van der Waals surface area contributed by atoms with Gasteiger partial charge in [-0.3, -0.25) is 4.79 Å². The first-order chi connectivity index (χ1) is 17.6. The molecule has 4 nitrogen and oxygen atoms in total. The second-order valence-corrected chi connectivity index (χ2v) is 11.4. The van der Waals surface area contributed by atoms with Crippen molar-refractivity contribution >= 4 is 17.2 Å². The molecule has 0 radical (unpaired) electrons. The largest absolute Gasteiger partial charge is 0.496 e. The topological polar surface area (TPSA) is 32.8 Å². The second kappa shape index (κ2) is 10.0. The molecule has 1 unspecified atom stereocenters. The van der Waals surface area contributed by atoms with E-state index < -0.39 is 0 Å². The van der Waals surface area contributed by atoms with E-state index in [-0.39, 0.29) is 0 Å². The van der Waals surface area contributed by atoms with Gasteiger partial charge < -0.3 is 14.5 Å². The van der Waals surface area contributed by atoms with E-state index in [1.807, 2.05) is 4.90 Å². The fraction of sp³-hybridized carbons (Fsp3) is 0.531. The fourth-order valence-electron chi connectivity index (χ4n) is 6.87. The average Bonchev–Trinajstić information content (AvgIpc) is 3.65. The lowest BCUT2D eigenvalue weighted by molar-refractivity contribution is -0.118. The number of methoxy groups -OCH3 is 1. The zero-order valence-corrected chi connectivity index (χ0v) is 22.0. The zero-order chi connectivity index (χ0) is 24.6. The molecule has 2 aromatic carbocycles. The third-order valence-electron chi connectivity index (χ3n) is 9.11. The summed E-state index contributed by atoms with van der Waals surface area (Å²) in [6, 6.07) is 13.9. The number of aryl methyl sites for hydroxylation is 1. The van der Waals surface area contributed by atoms with Crippen LogP contribution in [-0.4, -0.2) is 43.6 Å². The van der Waals surface area contributed by atoms with Crippen LogP contribution in [0.4, 0.5) is 5.69 Å². The number of ether oxygens (including phenoxy) is 1. The van der Waals surface area contributed by atoms with E-state index in [9.17, 15) is 4.79 Å². The van der Waals surface area contributed by atoms with Crippen LogP contribution in [0.15, 0.2) is 42.0 Å². The predicted molar refractivity (Wildman–Crippen MR) is 147 cm³/mol. The van der Waals surface area contributed by atoms with Crippen LogP contribution in [0.2, 0.25) is 0 Å². The van der Waals surface area contributed by atoms with Gasteiger partial charge in [0.2, 0.25) is 5.91 Å². The molecule has 2 aromatic rings. The number of carbonyl (C=O) groups is 1. The average molecular weight is 485 g/mol. The Hall–Kier alpha value is -2.59. The lowest BCUT2D eigenvalue weighted by atomic mass is 9.86. The molecule has 0 aromatic heterocycles. The highest BCUT2D eigenvalue weighted by molar-refractivity contribution is 5.99. The molecule has 3 heterocycles. The number of piperidine rings is 1. The minimum atomic E-state index is 0.318. The molecule has 1 saturated carbocycles. The van der Waals surface area contributed by atoms with Crippen molar-refractivity contribution in [3.05, 3.63) is 64.2 Å². The Balaban J connectivity index is 1.06. The minimum absolute atomic E-state index is 0.318. The lowest BCUT2D eigenvalue weighted by Gasteiger charge is -2.36. The monoisotopic (exact) mass is 484 g/mol. The Morgan fingerprint density at radius 3 is 2.50 bits per heavy atom. The number of allylic oxidation sites excluding steroid dienone is 2. The van der Waals surface area contributed by atoms with E-state index in [4.69, 9.17) is 4.74 Å². The first-order valence-electron chi connectivity index (χ1n) is 14.1. The van der Waals surface area contributed by atoms with Gasteiger partial charge in [-0.1, -0.05) is 23.8 Å². The van der Waals surface area contributed by atoms with Crippen LogP contribution in [0.1, 0.15) is 74.1 Å². The van der Waals surface area contributed by atoms with Crippen LogP contribution in [0, 0.1) is 5.92 Å². The van der Waals surface area contributed by atoms with Gasteiger partial charge in [0.15, 0.2) is 0 Å². The van der Waals surface area contributed by atoms with E-state index in [0.717, 1.165) is 37.5 Å². The summed E-state index contributed by atoms with van der Waals surface area (Å²) in [6.07, 6.45) is 11.4. The van der Waals surface area contributed by atoms with Crippen molar-refractivity contribution in [2.45, 2.75) is 77.2 Å². The Kier molecular flexibility index (Phi) is 6.64. The maximum Gasteiger partial charge on any atom is 0.227 e. The lowest BCUT2D eigenvalue weighted by Crippen LogP contribution is -2.41. The van der Waals surface area contributed by atoms with Crippen LogP contribution < -0.4 is 9.64 Å². The van der Waals surface area contributed by atoms with Crippen molar-refractivity contribution in [1.29, 1.82) is 0 Å². The van der Waals surface area contributed by atoms with Gasteiger partial charge in [-0.05, 0) is 130 Å². The van der Waals surface area contributed by atoms with E-state index in [2.05, 4.69) is 48.2 Å². The fourth-order valence-corrected chi connectivity index (χ4v) is 6.87. The van der Waals surface area contributed by atoms with Crippen LogP contribution in [0.3, 0.4) is 0 Å². The van der Waals surface area contributed by atoms with Gasteiger partial charge in [-0.15, -0.1) is 0 Å². The number of anilines is 1. The molecule has 1 saturated heterocycles. The molecule has 1 amide bonds. The summed E-state index contributed by atoms with van der Waals surface area (Å²) >= 11 is 0. The van der Waals surface area contributed by atoms with Crippen molar-refractivity contribution in [2.75, 3.05) is 31.6 Å². The third-order valence-corrected chi connectivity index (χ3v) is 9.11. The molecule has 190 valence electrons. The van der Waals surface area contributed by atoms with E-state index in [1.165, 1.54) is 79.6 Å². The van der Waals surface area contributed by atoms with Gasteiger partial charge in [0.25, 0.3) is 0 Å². The molecule has 0 bridgehead atoms. The molecule has 4 aliphatic rings. The third kappa shape index (κ3) is 4.72. The Morgan fingerprint density at radius 2 is 1.75 bits per heavy atom. The molecule has 1 aliphatic carbocycles. The minimum Gasteiger partial charge on any atom is -0.496 e. The Labute approximate surface area is 216 Å². The molecule has 2 fully saturated rings. The molecular weight excluding hydrogens is 444 g/mol. The highest BCUT2D eigenvalue weighted by Crippen LogP contribution is 2.44. The highest BCUT2D eigenvalue weighted by atomic mass is 16.5. The summed E-state index contributed by atoms with van der Waals surface area (Å²) in [6.45, 7) is 5.67. The van der Waals surface area contributed by atoms with E-state index in [1.54, 1.807) is 18.3 Å². The summed E-state index contributed by atoms with van der Waals surface area (Å²) in [7, 11) is 1.77. The molecule has 1 atom stereocenters. The molecule has 0 N–H and O–H groups in total. The number of amides is 1. The number of carbonyl (C=O) groups excluding carboxylic acids is 1. The number of likely N-dealkylation sites (tertiary alicyclic amines) is 1. The maximum absolute atomic E-state index is 12.3. The normalized spacial score (nSPS) is 20.4. The first kappa shape index (κ1) is 23.8. The van der Waals surface area contributed by atoms with E-state index >= 15 is 0 Å². The molecular formula is C32H40N2O2. The van der Waals surface area contributed by atoms with Crippen molar-refractivity contribution in [3.63, 3.8) is 0 Å². The quantitative estimate of drug-likeness (QED) is 0.447. The number of hydrogen-bond donors (Lipinski definition) is 0. The first-order valence-corrected chi connectivity index (χ1v) is 14.1. The van der Waals surface area contributed by atoms with E-state index in [0.29, 0.717) is 18.4 Å². The SMILES string of the molecule is COc1ccccc1CC(C)N1CCC(CCC(=C2CC2)c2cc3c4c(c2)CCN4C(=O)CC3)CC1. The number of para-hydroxylation sites is 1. The Morgan fingerprint density at radius 1 is 1.00 bits per heavy atom. The van der Waals surface area contributed by atoms with Crippen LogP contribution in [0.25, 0.3) is 5.57 Å². The molecule has 3 aliphatic heterocycles. The van der Waals surface area contributed by atoms with Gasteiger partial charge in [-0.2, -0.15) is 0 Å². The van der Waals surface area contributed by atoms with Crippen LogP contribution in [-0.2, 0) is 24.1 Å². The summed E-state index contributed by atoms with van der Waals surface area (Å²) in [5.74, 6) is 2.16. The number of rotatable bonds is 8. The van der Waals surface area contributed by atoms with Gasteiger partial charge in [-0.25, -0.2) is 0 Å².